The number of rotatable bonds is 15. The fraction of sp³-hybridized carbons (Fsp3) is 0.862. The van der Waals surface area contributed by atoms with Crippen molar-refractivity contribution in [3.8, 4) is 0 Å². The molecule has 3 aliphatic rings. The van der Waals surface area contributed by atoms with E-state index in [1.54, 1.807) is 0 Å². The van der Waals surface area contributed by atoms with Crippen molar-refractivity contribution in [2.45, 2.75) is 89.6 Å². The van der Waals surface area contributed by atoms with Gasteiger partial charge in [0, 0.05) is 64.0 Å². The number of ether oxygens (including phenoxy) is 1. The van der Waals surface area contributed by atoms with Crippen LogP contribution in [0.4, 0.5) is 17.6 Å². The molecule has 0 aromatic carbocycles. The van der Waals surface area contributed by atoms with Gasteiger partial charge in [0.05, 0.1) is 6.61 Å². The summed E-state index contributed by atoms with van der Waals surface area (Å²) in [7, 11) is 0. The van der Waals surface area contributed by atoms with E-state index >= 15 is 0 Å². The number of nitrogens with one attached hydrogen (secondary N) is 3. The van der Waals surface area contributed by atoms with Gasteiger partial charge in [-0.3, -0.25) is 4.90 Å². The molecule has 1 saturated heterocycles. The zero-order valence-corrected chi connectivity index (χ0v) is 23.9. The van der Waals surface area contributed by atoms with Crippen LogP contribution in [0.3, 0.4) is 0 Å². The summed E-state index contributed by atoms with van der Waals surface area (Å²) in [5.74, 6) is 2.93. The molecular formula is C29H54N8O. The lowest BCUT2D eigenvalue weighted by molar-refractivity contribution is 0.111. The second-order valence-electron chi connectivity index (χ2n) is 11.5. The summed E-state index contributed by atoms with van der Waals surface area (Å²) in [6.07, 6.45) is 14.7. The van der Waals surface area contributed by atoms with Gasteiger partial charge in [-0.25, -0.2) is 0 Å². The van der Waals surface area contributed by atoms with Gasteiger partial charge >= 0.3 is 0 Å². The van der Waals surface area contributed by atoms with Gasteiger partial charge in [-0.15, -0.1) is 0 Å². The van der Waals surface area contributed by atoms with Crippen LogP contribution in [-0.2, 0) is 4.74 Å². The molecule has 2 heterocycles. The van der Waals surface area contributed by atoms with Crippen molar-refractivity contribution in [3.05, 3.63) is 6.07 Å². The Hall–Kier alpha value is -1.68. The summed E-state index contributed by atoms with van der Waals surface area (Å²) >= 11 is 0. The number of aromatic nitrogens is 2. The molecule has 216 valence electrons. The van der Waals surface area contributed by atoms with E-state index in [-0.39, 0.29) is 0 Å². The van der Waals surface area contributed by atoms with E-state index in [4.69, 9.17) is 15.5 Å². The van der Waals surface area contributed by atoms with Crippen molar-refractivity contribution in [1.29, 1.82) is 0 Å². The summed E-state index contributed by atoms with van der Waals surface area (Å²) in [5, 5.41) is 11.0. The smallest absolute Gasteiger partial charge is 0.226 e. The molecule has 0 bridgehead atoms. The lowest BCUT2D eigenvalue weighted by Gasteiger charge is -2.35. The Morgan fingerprint density at radius 1 is 0.895 bits per heavy atom. The second kappa shape index (κ2) is 16.4. The highest BCUT2D eigenvalue weighted by molar-refractivity contribution is 5.51. The SMILES string of the molecule is CCOCCN1CCN(c2cc(N)nc(NCCC3CCC(NCCCNC4CCCCC4)CC3)n2)CC1. The Morgan fingerprint density at radius 2 is 1.61 bits per heavy atom. The Bertz CT molecular complexity index is 774. The van der Waals surface area contributed by atoms with Crippen molar-refractivity contribution in [2.75, 3.05) is 81.5 Å². The summed E-state index contributed by atoms with van der Waals surface area (Å²) < 4.78 is 5.50. The van der Waals surface area contributed by atoms with Gasteiger partial charge in [-0.05, 0) is 77.3 Å². The maximum atomic E-state index is 6.15. The van der Waals surface area contributed by atoms with Crippen molar-refractivity contribution in [2.24, 2.45) is 5.92 Å². The van der Waals surface area contributed by atoms with E-state index in [9.17, 15) is 0 Å². The molecule has 38 heavy (non-hydrogen) atoms. The molecule has 9 heteroatoms. The highest BCUT2D eigenvalue weighted by atomic mass is 16.5. The maximum Gasteiger partial charge on any atom is 0.226 e. The molecule has 0 spiro atoms. The molecule has 1 aromatic rings. The largest absolute Gasteiger partial charge is 0.383 e. The Morgan fingerprint density at radius 3 is 2.32 bits per heavy atom. The van der Waals surface area contributed by atoms with Gasteiger partial charge in [-0.1, -0.05) is 19.3 Å². The predicted molar refractivity (Wildman–Crippen MR) is 158 cm³/mol. The number of piperazine rings is 1. The van der Waals surface area contributed by atoms with Crippen LogP contribution in [-0.4, -0.2) is 92.5 Å². The van der Waals surface area contributed by atoms with Gasteiger partial charge in [0.15, 0.2) is 0 Å². The van der Waals surface area contributed by atoms with Crippen LogP contribution in [0.15, 0.2) is 6.07 Å². The Labute approximate surface area is 231 Å². The zero-order valence-electron chi connectivity index (χ0n) is 23.9. The van der Waals surface area contributed by atoms with E-state index in [1.165, 1.54) is 70.6 Å². The summed E-state index contributed by atoms with van der Waals surface area (Å²) in [6, 6.07) is 3.39. The van der Waals surface area contributed by atoms with Crippen LogP contribution in [0.1, 0.15) is 77.6 Å². The molecule has 2 saturated carbocycles. The molecule has 0 radical (unpaired) electrons. The fourth-order valence-electron chi connectivity index (χ4n) is 6.28. The Balaban J connectivity index is 1.07. The molecule has 1 aliphatic heterocycles. The maximum absolute atomic E-state index is 6.15. The number of anilines is 3. The molecule has 1 aromatic heterocycles. The molecule has 5 N–H and O–H groups in total. The first-order chi connectivity index (χ1) is 18.7. The van der Waals surface area contributed by atoms with Gasteiger partial charge in [-0.2, -0.15) is 9.97 Å². The molecule has 4 rings (SSSR count). The quantitative estimate of drug-likeness (QED) is 0.254. The average Bonchev–Trinajstić information content (AvgIpc) is 2.94. The van der Waals surface area contributed by atoms with E-state index in [0.29, 0.717) is 17.8 Å². The van der Waals surface area contributed by atoms with E-state index in [0.717, 1.165) is 83.3 Å². The van der Waals surface area contributed by atoms with Crippen molar-refractivity contribution in [3.63, 3.8) is 0 Å². The third kappa shape index (κ3) is 10.1. The standard InChI is InChI=1S/C29H54N8O/c1-2-38-22-21-36-17-19-37(20-18-36)28-23-27(30)34-29(35-28)33-16-13-24-9-11-26(12-10-24)32-15-6-14-31-25-7-4-3-5-8-25/h23-26,31-32H,2-22H2,1H3,(H3,30,33,34,35). The number of nitrogens with two attached hydrogens (primary N) is 1. The van der Waals surface area contributed by atoms with Crippen LogP contribution >= 0.6 is 0 Å². The van der Waals surface area contributed by atoms with E-state index in [2.05, 4.69) is 30.7 Å². The van der Waals surface area contributed by atoms with Crippen molar-refractivity contribution >= 4 is 17.6 Å². The zero-order chi connectivity index (χ0) is 26.4. The van der Waals surface area contributed by atoms with E-state index < -0.39 is 0 Å². The minimum Gasteiger partial charge on any atom is -0.383 e. The van der Waals surface area contributed by atoms with Crippen molar-refractivity contribution in [1.82, 2.24) is 25.5 Å². The van der Waals surface area contributed by atoms with Crippen LogP contribution in [0, 0.1) is 5.92 Å². The fourth-order valence-corrected chi connectivity index (χ4v) is 6.28. The number of nitrogens with zero attached hydrogens (tertiary/aromatic N) is 4. The normalized spacial score (nSPS) is 23.6. The minimum atomic E-state index is 0.539. The number of hydrogen-bond acceptors (Lipinski definition) is 9. The molecule has 9 nitrogen and oxygen atoms in total. The van der Waals surface area contributed by atoms with Crippen LogP contribution < -0.4 is 26.6 Å². The van der Waals surface area contributed by atoms with E-state index in [1.807, 2.05) is 13.0 Å². The third-order valence-electron chi connectivity index (χ3n) is 8.69. The average molecular weight is 531 g/mol. The van der Waals surface area contributed by atoms with Gasteiger partial charge in [0.25, 0.3) is 0 Å². The molecule has 2 aliphatic carbocycles. The lowest BCUT2D eigenvalue weighted by atomic mass is 9.84. The molecule has 0 amide bonds. The predicted octanol–water partition coefficient (Wildman–Crippen LogP) is 3.48. The van der Waals surface area contributed by atoms with Gasteiger partial charge < -0.3 is 31.3 Å². The third-order valence-corrected chi connectivity index (χ3v) is 8.69. The number of hydrogen-bond donors (Lipinski definition) is 4. The molecule has 3 fully saturated rings. The van der Waals surface area contributed by atoms with Gasteiger partial charge in [0.2, 0.25) is 5.95 Å². The summed E-state index contributed by atoms with van der Waals surface area (Å²) in [5.41, 5.74) is 6.15. The monoisotopic (exact) mass is 530 g/mol. The second-order valence-corrected chi connectivity index (χ2v) is 11.5. The summed E-state index contributed by atoms with van der Waals surface area (Å²) in [6.45, 7) is 11.8. The molecule has 0 unspecified atom stereocenters. The topological polar surface area (TPSA) is 104 Å². The lowest BCUT2D eigenvalue weighted by Crippen LogP contribution is -2.47. The van der Waals surface area contributed by atoms with Gasteiger partial charge in [0.1, 0.15) is 11.6 Å². The first-order valence-electron chi connectivity index (χ1n) is 15.6. The highest BCUT2D eigenvalue weighted by Gasteiger charge is 2.21. The highest BCUT2D eigenvalue weighted by Crippen LogP contribution is 2.27. The minimum absolute atomic E-state index is 0.539. The van der Waals surface area contributed by atoms with Crippen LogP contribution in [0.5, 0.6) is 0 Å². The van der Waals surface area contributed by atoms with Crippen LogP contribution in [0.25, 0.3) is 0 Å². The molecular weight excluding hydrogens is 476 g/mol. The van der Waals surface area contributed by atoms with Crippen LogP contribution in [0.2, 0.25) is 0 Å². The first-order valence-corrected chi connectivity index (χ1v) is 15.6. The Kier molecular flexibility index (Phi) is 12.7. The number of nitrogen functional groups attached to an aromatic ring is 1. The summed E-state index contributed by atoms with van der Waals surface area (Å²) in [4.78, 5) is 14.0. The molecule has 0 atom stereocenters. The first kappa shape index (κ1) is 29.3. The van der Waals surface area contributed by atoms with Crippen molar-refractivity contribution < 1.29 is 4.74 Å².